The van der Waals surface area contributed by atoms with Gasteiger partial charge in [-0.25, -0.2) is 0 Å². The molecule has 2 saturated heterocycles. The molecule has 1 aromatic rings. The van der Waals surface area contributed by atoms with Crippen LogP contribution in [0.4, 0.5) is 0 Å². The first-order chi connectivity index (χ1) is 28.7. The zero-order valence-corrected chi connectivity index (χ0v) is 39.2. The van der Waals surface area contributed by atoms with E-state index in [1.165, 1.54) is 7.11 Å². The van der Waals surface area contributed by atoms with Crippen molar-refractivity contribution >= 4 is 6.21 Å². The highest BCUT2D eigenvalue weighted by molar-refractivity contribution is 5.60. The lowest BCUT2D eigenvalue weighted by Gasteiger charge is -2.48. The zero-order chi connectivity index (χ0) is 45.7. The van der Waals surface area contributed by atoms with E-state index in [2.05, 4.69) is 10.5 Å². The predicted molar refractivity (Wildman–Crippen MR) is 233 cm³/mol. The fourth-order valence-electron chi connectivity index (χ4n) is 9.49. The molecule has 18 atom stereocenters. The molecular formula is C46H82N2O13. The van der Waals surface area contributed by atoms with E-state index in [1.807, 2.05) is 78.8 Å². The lowest BCUT2D eigenvalue weighted by atomic mass is 9.74. The third-order valence-electron chi connectivity index (χ3n) is 13.0. The Morgan fingerprint density at radius 2 is 1.62 bits per heavy atom. The molecule has 0 amide bonds. The van der Waals surface area contributed by atoms with Crippen LogP contribution in [0, 0.1) is 23.7 Å². The summed E-state index contributed by atoms with van der Waals surface area (Å²) < 4.78 is 43.8. The highest BCUT2D eigenvalue weighted by Crippen LogP contribution is 2.40. The van der Waals surface area contributed by atoms with Gasteiger partial charge in [0.2, 0.25) is 0 Å². The van der Waals surface area contributed by atoms with Crippen LogP contribution in [-0.4, -0.2) is 151 Å². The molecule has 0 bridgehead atoms. The molecule has 2 heterocycles. The number of rotatable bonds is 26. The van der Waals surface area contributed by atoms with Crippen LogP contribution < -0.4 is 5.32 Å². The third kappa shape index (κ3) is 14.9. The number of aliphatic hydroxyl groups excluding tert-OH is 3. The van der Waals surface area contributed by atoms with Gasteiger partial charge in [-0.3, -0.25) is 0 Å². The Balaban J connectivity index is 2.08. The first kappa shape index (κ1) is 53.5. The van der Waals surface area contributed by atoms with Gasteiger partial charge in [0.05, 0.1) is 66.6 Å². The van der Waals surface area contributed by atoms with Crippen molar-refractivity contribution in [2.24, 2.45) is 28.8 Å². The van der Waals surface area contributed by atoms with Gasteiger partial charge in [-0.05, 0) is 65.4 Å². The average molecular weight is 871 g/mol. The van der Waals surface area contributed by atoms with Crippen LogP contribution >= 0.6 is 0 Å². The van der Waals surface area contributed by atoms with Crippen LogP contribution in [0.2, 0.25) is 0 Å². The van der Waals surface area contributed by atoms with Gasteiger partial charge in [0.15, 0.2) is 12.6 Å². The van der Waals surface area contributed by atoms with Gasteiger partial charge in [0.1, 0.15) is 19.3 Å². The number of methoxy groups -OCH3 is 2. The van der Waals surface area contributed by atoms with Crippen molar-refractivity contribution in [3.05, 3.63) is 35.9 Å². The van der Waals surface area contributed by atoms with Gasteiger partial charge in [-0.2, -0.15) is 0 Å². The van der Waals surface area contributed by atoms with Gasteiger partial charge >= 0.3 is 0 Å². The highest BCUT2D eigenvalue weighted by Gasteiger charge is 2.51. The standard InChI is InChI=1S/C46H82N2O13/c1-14-20-44(8,52)40(50)31(5)38(57-22-21-54-11)28(2)24-45(9,53)42(61-43-37(49)35(23-30(4)58-43)47-27-34-18-16-15-17-19-34)32(6)39(29(3)26-48-56-13)60-36-25-46(10,55-12)41(51)33(7)59-36/h15-19,26,28-33,35-43,47,49-53H,14,20-25,27H2,1-13H3/t28?,29?,30-,31?,32?,33+,35+,36+,37-,38?,39?,40?,41+,42?,43+,44?,45?,46-/m1/s1. The summed E-state index contributed by atoms with van der Waals surface area (Å²) in [5.41, 5.74) is -2.91. The van der Waals surface area contributed by atoms with Crippen LogP contribution in [0.3, 0.4) is 0 Å². The summed E-state index contributed by atoms with van der Waals surface area (Å²) in [6, 6.07) is 9.54. The van der Waals surface area contributed by atoms with E-state index in [1.54, 1.807) is 41.2 Å². The van der Waals surface area contributed by atoms with E-state index in [-0.39, 0.29) is 31.6 Å². The third-order valence-corrected chi connectivity index (χ3v) is 13.0. The molecular weight excluding hydrogens is 789 g/mol. The maximum atomic E-state index is 12.9. The Morgan fingerprint density at radius 1 is 0.951 bits per heavy atom. The molecule has 354 valence electrons. The quantitative estimate of drug-likeness (QED) is 0.0430. The molecule has 0 radical (unpaired) electrons. The second kappa shape index (κ2) is 24.5. The molecule has 2 aliphatic heterocycles. The molecule has 0 saturated carbocycles. The molecule has 0 spiro atoms. The van der Waals surface area contributed by atoms with Crippen LogP contribution in [0.25, 0.3) is 0 Å². The number of nitrogens with one attached hydrogen (secondary N) is 1. The molecule has 3 rings (SSSR count). The fraction of sp³-hybridized carbons (Fsp3) is 0.848. The number of benzene rings is 1. The Kier molecular flexibility index (Phi) is 21.5. The lowest BCUT2D eigenvalue weighted by molar-refractivity contribution is -0.315. The van der Waals surface area contributed by atoms with E-state index >= 15 is 0 Å². The average Bonchev–Trinajstić information content (AvgIpc) is 3.21. The minimum atomic E-state index is -1.65. The Labute approximate surface area is 365 Å². The second-order valence-corrected chi connectivity index (χ2v) is 18.5. The second-order valence-electron chi connectivity index (χ2n) is 18.5. The van der Waals surface area contributed by atoms with E-state index < -0.39 is 95.8 Å². The first-order valence-corrected chi connectivity index (χ1v) is 22.3. The highest BCUT2D eigenvalue weighted by atomic mass is 16.7. The summed E-state index contributed by atoms with van der Waals surface area (Å²) in [5.74, 6) is -2.00. The van der Waals surface area contributed by atoms with Crippen molar-refractivity contribution < 1.29 is 63.5 Å². The van der Waals surface area contributed by atoms with Crippen molar-refractivity contribution in [1.82, 2.24) is 5.32 Å². The number of hydrogen-bond acceptors (Lipinski definition) is 15. The molecule has 61 heavy (non-hydrogen) atoms. The fourth-order valence-corrected chi connectivity index (χ4v) is 9.49. The summed E-state index contributed by atoms with van der Waals surface area (Å²) in [5, 5.41) is 66.2. The van der Waals surface area contributed by atoms with Gasteiger partial charge < -0.3 is 68.8 Å². The van der Waals surface area contributed by atoms with Crippen molar-refractivity contribution in [2.75, 3.05) is 34.5 Å². The zero-order valence-electron chi connectivity index (χ0n) is 39.2. The minimum absolute atomic E-state index is 0.110. The van der Waals surface area contributed by atoms with Crippen molar-refractivity contribution in [1.29, 1.82) is 0 Å². The van der Waals surface area contributed by atoms with E-state index in [4.69, 9.17) is 38.0 Å². The summed E-state index contributed by atoms with van der Waals surface area (Å²) >= 11 is 0. The van der Waals surface area contributed by atoms with Gasteiger partial charge in [0, 0.05) is 57.2 Å². The van der Waals surface area contributed by atoms with Crippen LogP contribution in [0.1, 0.15) is 107 Å². The molecule has 15 nitrogen and oxygen atoms in total. The maximum absolute atomic E-state index is 12.9. The molecule has 0 aliphatic carbocycles. The Bertz CT molecular complexity index is 1410. The topological polar surface area (TPSA) is 199 Å². The van der Waals surface area contributed by atoms with Crippen molar-refractivity contribution in [3.8, 4) is 0 Å². The molecule has 1 aromatic carbocycles. The smallest absolute Gasteiger partial charge is 0.185 e. The van der Waals surface area contributed by atoms with Crippen molar-refractivity contribution in [2.45, 2.75) is 192 Å². The maximum Gasteiger partial charge on any atom is 0.185 e. The van der Waals surface area contributed by atoms with E-state index in [9.17, 15) is 25.5 Å². The number of nitrogens with zero attached hydrogens (tertiary/aromatic N) is 1. The predicted octanol–water partition coefficient (Wildman–Crippen LogP) is 4.57. The summed E-state index contributed by atoms with van der Waals surface area (Å²) in [6.45, 7) is 19.5. The Hall–Kier alpha value is -1.83. The van der Waals surface area contributed by atoms with Gasteiger partial charge in [-0.15, -0.1) is 0 Å². The van der Waals surface area contributed by atoms with Crippen molar-refractivity contribution in [3.63, 3.8) is 0 Å². The first-order valence-electron chi connectivity index (χ1n) is 22.3. The normalized spacial score (nSPS) is 32.2. The van der Waals surface area contributed by atoms with Crippen LogP contribution in [-0.2, 0) is 44.5 Å². The molecule has 2 aliphatic rings. The summed E-state index contributed by atoms with van der Waals surface area (Å²) in [4.78, 5) is 5.08. The number of oxime groups is 1. The largest absolute Gasteiger partial charge is 0.399 e. The monoisotopic (exact) mass is 871 g/mol. The summed E-state index contributed by atoms with van der Waals surface area (Å²) in [6.07, 6.45) is -4.88. The molecule has 6 N–H and O–H groups in total. The summed E-state index contributed by atoms with van der Waals surface area (Å²) in [7, 11) is 4.58. The molecule has 0 aromatic heterocycles. The van der Waals surface area contributed by atoms with Crippen LogP contribution in [0.15, 0.2) is 35.5 Å². The minimum Gasteiger partial charge on any atom is -0.399 e. The lowest BCUT2D eigenvalue weighted by Crippen LogP contribution is -2.60. The molecule has 10 unspecified atom stereocenters. The number of ether oxygens (including phenoxy) is 7. The van der Waals surface area contributed by atoms with Gasteiger partial charge in [0.25, 0.3) is 0 Å². The SMILES string of the molecule is CCCC(C)(O)C(O)C(C)C(OCCOC)C(C)CC(C)(O)C(O[C@@H]1O[C@H](C)C[C@H](NCc2ccccc2)[C@H]1O)C(C)C(O[C@H]1C[C@@](C)(OC)[C@@H](O)[C@H](C)O1)C(C)C=NOC. The number of hydrogen-bond donors (Lipinski definition) is 6. The Morgan fingerprint density at radius 3 is 2.23 bits per heavy atom. The van der Waals surface area contributed by atoms with Crippen LogP contribution in [0.5, 0.6) is 0 Å². The molecule has 15 heteroatoms. The van der Waals surface area contributed by atoms with E-state index in [0.717, 1.165) is 5.56 Å². The van der Waals surface area contributed by atoms with Gasteiger partial charge in [-0.1, -0.05) is 76.5 Å². The number of aliphatic hydroxyl groups is 5. The molecule has 2 fully saturated rings. The van der Waals surface area contributed by atoms with E-state index in [0.29, 0.717) is 32.4 Å².